The molecule has 11 N–H and O–H groups in total. The summed E-state index contributed by atoms with van der Waals surface area (Å²) in [5.74, 6) is 0.812. The van der Waals surface area contributed by atoms with Crippen molar-refractivity contribution in [1.29, 1.82) is 0 Å². The molecule has 0 bridgehead atoms. The lowest BCUT2D eigenvalue weighted by molar-refractivity contribution is -0.337. The van der Waals surface area contributed by atoms with Crippen LogP contribution in [0.15, 0.2) is 0 Å². The Bertz CT molecular complexity index is 1590. The number of Topliss-reactive ketones (excluding diaryl/α,β-unsaturated/α-hetero) is 2. The second-order valence-corrected chi connectivity index (χ2v) is 20.8. The van der Waals surface area contributed by atoms with Crippen molar-refractivity contribution in [1.82, 2.24) is 0 Å². The summed E-state index contributed by atoms with van der Waals surface area (Å²) in [5, 5.41) is 112. The van der Waals surface area contributed by atoms with E-state index in [0.717, 1.165) is 25.7 Å². The van der Waals surface area contributed by atoms with Gasteiger partial charge in [-0.1, -0.05) is 27.7 Å². The summed E-state index contributed by atoms with van der Waals surface area (Å²) < 4.78 is 34.3. The molecule has 0 aromatic carbocycles. The molecule has 0 aromatic rings. The average Bonchev–Trinajstić information content (AvgIpc) is 3.64. The van der Waals surface area contributed by atoms with Crippen LogP contribution in [0.2, 0.25) is 0 Å². The largest absolute Gasteiger partial charge is 0.394 e. The van der Waals surface area contributed by atoms with Gasteiger partial charge in [0.1, 0.15) is 84.8 Å². The van der Waals surface area contributed by atoms with Crippen molar-refractivity contribution >= 4 is 11.6 Å². The van der Waals surface area contributed by atoms with Crippen LogP contribution >= 0.6 is 0 Å². The molecule has 0 amide bonds. The zero-order valence-corrected chi connectivity index (χ0v) is 37.4. The highest BCUT2D eigenvalue weighted by Gasteiger charge is 2.63. The number of carbonyl (C=O) groups excluding carboxylic acids is 2. The molecule has 4 saturated carbocycles. The monoisotopic (exact) mass is 918 g/mol. The summed E-state index contributed by atoms with van der Waals surface area (Å²) in [7, 11) is 0. The molecule has 19 nitrogen and oxygen atoms in total. The minimum absolute atomic E-state index is 0.0716. The molecule has 3 aliphatic heterocycles. The highest BCUT2D eigenvalue weighted by Crippen LogP contribution is 2.68. The van der Waals surface area contributed by atoms with Crippen LogP contribution in [0.4, 0.5) is 0 Å². The molecule has 25 atom stereocenters. The maximum atomic E-state index is 14.3. The van der Waals surface area contributed by atoms with Crippen LogP contribution in [0, 0.1) is 52.3 Å². The van der Waals surface area contributed by atoms with Gasteiger partial charge in [-0.3, -0.25) is 9.59 Å². The Hall–Kier alpha value is -1.34. The lowest BCUT2D eigenvalue weighted by Crippen LogP contribution is -2.62. The SMILES string of the molecule is CC(CCC(=O)C(C)C1CCC2C3CC(=O)C4CC(OC5OC(COC6OC(CO)C(O)C(O)C6O)C(O)C(O)C5O)CCC4(C)C3CCC12C)COC1OC(CO)C(O)C(O)C1O. The van der Waals surface area contributed by atoms with Gasteiger partial charge in [0.05, 0.1) is 32.5 Å². The van der Waals surface area contributed by atoms with Gasteiger partial charge in [-0.2, -0.15) is 0 Å². The Morgan fingerprint density at radius 2 is 1.20 bits per heavy atom. The summed E-state index contributed by atoms with van der Waals surface area (Å²) >= 11 is 0. The van der Waals surface area contributed by atoms with Crippen LogP contribution < -0.4 is 0 Å². The first-order valence-electron chi connectivity index (χ1n) is 23.5. The summed E-state index contributed by atoms with van der Waals surface area (Å²) in [5.41, 5.74) is -0.376. The van der Waals surface area contributed by atoms with E-state index in [1.807, 2.05) is 13.8 Å². The van der Waals surface area contributed by atoms with Crippen molar-refractivity contribution in [2.45, 2.75) is 190 Å². The van der Waals surface area contributed by atoms with Crippen LogP contribution in [0.3, 0.4) is 0 Å². The van der Waals surface area contributed by atoms with Crippen molar-refractivity contribution in [3.63, 3.8) is 0 Å². The van der Waals surface area contributed by atoms with Gasteiger partial charge in [-0.05, 0) is 91.8 Å². The fourth-order valence-electron chi connectivity index (χ4n) is 13.1. The molecule has 3 heterocycles. The Kier molecular flexibility index (Phi) is 16.0. The van der Waals surface area contributed by atoms with E-state index in [-0.39, 0.29) is 58.6 Å². The van der Waals surface area contributed by atoms with Gasteiger partial charge >= 0.3 is 0 Å². The number of ketones is 2. The first-order valence-corrected chi connectivity index (χ1v) is 23.5. The highest BCUT2D eigenvalue weighted by molar-refractivity contribution is 5.83. The first kappa shape index (κ1) is 50.5. The average molecular weight is 919 g/mol. The van der Waals surface area contributed by atoms with Gasteiger partial charge in [-0.15, -0.1) is 0 Å². The molecule has 25 unspecified atom stereocenters. The number of aliphatic hydroxyl groups is 11. The van der Waals surface area contributed by atoms with Crippen LogP contribution in [0.1, 0.15) is 91.9 Å². The van der Waals surface area contributed by atoms with E-state index < -0.39 is 118 Å². The zero-order chi connectivity index (χ0) is 46.6. The molecule has 4 aliphatic carbocycles. The van der Waals surface area contributed by atoms with Crippen LogP contribution in [0.5, 0.6) is 0 Å². The third kappa shape index (κ3) is 9.51. The Balaban J connectivity index is 0.911. The van der Waals surface area contributed by atoms with E-state index in [4.69, 9.17) is 28.4 Å². The Labute approximate surface area is 373 Å². The van der Waals surface area contributed by atoms with Gasteiger partial charge in [0.25, 0.3) is 0 Å². The molecule has 7 aliphatic rings. The lowest BCUT2D eigenvalue weighted by Gasteiger charge is -2.60. The molecule has 0 spiro atoms. The first-order chi connectivity index (χ1) is 30.2. The minimum Gasteiger partial charge on any atom is -0.394 e. The molecule has 0 radical (unpaired) electrons. The summed E-state index contributed by atoms with van der Waals surface area (Å²) in [6, 6.07) is 0. The molecule has 0 aromatic heterocycles. The van der Waals surface area contributed by atoms with Gasteiger partial charge in [-0.25, -0.2) is 0 Å². The summed E-state index contributed by atoms with van der Waals surface area (Å²) in [4.78, 5) is 28.0. The quantitative estimate of drug-likeness (QED) is 0.0814. The molecule has 64 heavy (non-hydrogen) atoms. The van der Waals surface area contributed by atoms with Gasteiger partial charge in [0.2, 0.25) is 0 Å². The normalized spacial score (nSPS) is 50.5. The molecule has 368 valence electrons. The molecule has 3 saturated heterocycles. The molecular weight excluding hydrogens is 844 g/mol. The maximum absolute atomic E-state index is 14.3. The number of hydrogen-bond acceptors (Lipinski definition) is 19. The fourth-order valence-corrected chi connectivity index (χ4v) is 13.1. The van der Waals surface area contributed by atoms with E-state index in [0.29, 0.717) is 50.4 Å². The number of ether oxygens (including phenoxy) is 6. The van der Waals surface area contributed by atoms with Crippen molar-refractivity contribution in [2.24, 2.45) is 52.3 Å². The summed E-state index contributed by atoms with van der Waals surface area (Å²) in [6.45, 7) is 6.97. The van der Waals surface area contributed by atoms with E-state index in [2.05, 4.69) is 13.8 Å². The number of fused-ring (bicyclic) bond motifs is 5. The Morgan fingerprint density at radius 3 is 1.81 bits per heavy atom. The van der Waals surface area contributed by atoms with E-state index in [9.17, 15) is 65.8 Å². The molecule has 19 heteroatoms. The van der Waals surface area contributed by atoms with Crippen LogP contribution in [-0.2, 0) is 38.0 Å². The Morgan fingerprint density at radius 1 is 0.672 bits per heavy atom. The van der Waals surface area contributed by atoms with E-state index >= 15 is 0 Å². The highest BCUT2D eigenvalue weighted by atomic mass is 16.7. The van der Waals surface area contributed by atoms with Gasteiger partial charge in [0, 0.05) is 24.7 Å². The second-order valence-electron chi connectivity index (χ2n) is 20.8. The third-order valence-corrected chi connectivity index (χ3v) is 17.1. The number of carbonyl (C=O) groups is 2. The zero-order valence-electron chi connectivity index (χ0n) is 37.4. The number of rotatable bonds is 15. The standard InChI is InChI=1S/C45H74O19/c1-19(17-59-41-38(56)35(53)32(50)29(15-46)62-41)5-8-27(48)20(2)23-6-7-24-22-14-28(49)26-13-21(9-11-45(26,4)25(22)10-12-44(23,24)3)61-43-40(58)37(55)34(52)31(64-43)18-60-42-39(57)36(54)33(51)30(16-47)63-42/h19-26,29-43,46-47,50-58H,5-18H2,1-4H3. The summed E-state index contributed by atoms with van der Waals surface area (Å²) in [6.07, 6.45) is -15.7. The number of hydrogen-bond donors (Lipinski definition) is 11. The van der Waals surface area contributed by atoms with Crippen molar-refractivity contribution < 1.29 is 94.2 Å². The smallest absolute Gasteiger partial charge is 0.186 e. The van der Waals surface area contributed by atoms with Crippen LogP contribution in [-0.4, -0.2) is 192 Å². The predicted octanol–water partition coefficient (Wildman–Crippen LogP) is -1.73. The molecule has 7 fully saturated rings. The topological polar surface area (TPSA) is 312 Å². The number of aliphatic hydroxyl groups excluding tert-OH is 11. The predicted molar refractivity (Wildman–Crippen MR) is 219 cm³/mol. The van der Waals surface area contributed by atoms with Crippen molar-refractivity contribution in [3.05, 3.63) is 0 Å². The van der Waals surface area contributed by atoms with E-state index in [1.54, 1.807) is 0 Å². The van der Waals surface area contributed by atoms with Crippen molar-refractivity contribution in [3.8, 4) is 0 Å². The van der Waals surface area contributed by atoms with Gasteiger partial charge < -0.3 is 84.6 Å². The molecule has 7 rings (SSSR count). The van der Waals surface area contributed by atoms with Crippen LogP contribution in [0.25, 0.3) is 0 Å². The fraction of sp³-hybridized carbons (Fsp3) is 0.956. The molecular formula is C45H74O19. The third-order valence-electron chi connectivity index (χ3n) is 17.1. The van der Waals surface area contributed by atoms with Gasteiger partial charge in [0.15, 0.2) is 18.9 Å². The maximum Gasteiger partial charge on any atom is 0.186 e. The second kappa shape index (κ2) is 20.3. The van der Waals surface area contributed by atoms with Crippen molar-refractivity contribution in [2.75, 3.05) is 26.4 Å². The van der Waals surface area contributed by atoms with E-state index in [1.165, 1.54) is 0 Å². The lowest BCUT2D eigenvalue weighted by atomic mass is 9.44. The minimum atomic E-state index is -1.69.